The summed E-state index contributed by atoms with van der Waals surface area (Å²) < 4.78 is 5.94. The molecule has 8 nitrogen and oxygen atoms in total. The predicted octanol–water partition coefficient (Wildman–Crippen LogP) is 5.44. The first kappa shape index (κ1) is 32.5. The van der Waals surface area contributed by atoms with Crippen LogP contribution in [0.3, 0.4) is 0 Å². The molecular formula is C34H43N3O5. The molecule has 0 saturated carbocycles. The van der Waals surface area contributed by atoms with Crippen molar-refractivity contribution in [2.24, 2.45) is 11.5 Å². The summed E-state index contributed by atoms with van der Waals surface area (Å²) >= 11 is 0. The first-order valence-electron chi connectivity index (χ1n) is 14.4. The Morgan fingerprint density at radius 3 is 2.10 bits per heavy atom. The van der Waals surface area contributed by atoms with Gasteiger partial charge in [-0.15, -0.1) is 0 Å². The van der Waals surface area contributed by atoms with Gasteiger partial charge in [-0.05, 0) is 66.3 Å². The van der Waals surface area contributed by atoms with Crippen LogP contribution >= 0.6 is 0 Å². The van der Waals surface area contributed by atoms with Crippen molar-refractivity contribution in [1.82, 2.24) is 4.90 Å². The summed E-state index contributed by atoms with van der Waals surface area (Å²) in [4.78, 5) is 23.7. The van der Waals surface area contributed by atoms with E-state index in [1.807, 2.05) is 43.3 Å². The Bertz CT molecular complexity index is 1270. The minimum atomic E-state index is -0.933. The monoisotopic (exact) mass is 573 g/mol. The second kappa shape index (κ2) is 17.1. The van der Waals surface area contributed by atoms with E-state index >= 15 is 0 Å². The number of nitrogens with zero attached hydrogens (tertiary/aromatic N) is 1. The van der Waals surface area contributed by atoms with Crippen molar-refractivity contribution in [1.29, 1.82) is 0 Å². The van der Waals surface area contributed by atoms with Crippen LogP contribution in [0.2, 0.25) is 0 Å². The van der Waals surface area contributed by atoms with Gasteiger partial charge >= 0.3 is 11.9 Å². The summed E-state index contributed by atoms with van der Waals surface area (Å²) in [5.41, 5.74) is 16.7. The lowest BCUT2D eigenvalue weighted by Crippen LogP contribution is -2.29. The van der Waals surface area contributed by atoms with Crippen molar-refractivity contribution in [3.8, 4) is 5.75 Å². The molecule has 0 aromatic heterocycles. The van der Waals surface area contributed by atoms with Gasteiger partial charge in [-0.25, -0.2) is 0 Å². The number of fused-ring (bicyclic) bond motifs is 1. The van der Waals surface area contributed by atoms with E-state index in [2.05, 4.69) is 53.4 Å². The Morgan fingerprint density at radius 2 is 1.55 bits per heavy atom. The summed E-state index contributed by atoms with van der Waals surface area (Å²) in [5, 5.41) is 17.4. The Labute approximate surface area is 248 Å². The van der Waals surface area contributed by atoms with Crippen molar-refractivity contribution >= 4 is 11.9 Å². The Kier molecular flexibility index (Phi) is 13.2. The standard InChI is InChI=1S/C28H29NO3.C6H14N2O2/c1-2-5-24(16-28(30)31)23-12-14-27(15-13-23)32-20-22-10-8-21(9-11-22)17-29-18-25-6-3-4-7-26(25)19-29;7-4-2-1-3-5(8)6(9)10/h2-15,24H,16-20H2,1H3,(H,30,31);5H,1-4,7-8H2,(H,9,10). The van der Waals surface area contributed by atoms with E-state index in [0.717, 1.165) is 49.4 Å². The maximum Gasteiger partial charge on any atom is 0.320 e. The van der Waals surface area contributed by atoms with Gasteiger partial charge in [-0.2, -0.15) is 0 Å². The maximum atomic E-state index is 11.1. The summed E-state index contributed by atoms with van der Waals surface area (Å²) in [7, 11) is 0. The topological polar surface area (TPSA) is 139 Å². The van der Waals surface area contributed by atoms with E-state index in [9.17, 15) is 9.59 Å². The number of rotatable bonds is 14. The molecule has 42 heavy (non-hydrogen) atoms. The Morgan fingerprint density at radius 1 is 0.929 bits per heavy atom. The Hall–Kier alpha value is -3.98. The average Bonchev–Trinajstić information content (AvgIpc) is 3.39. The number of carboxylic acids is 2. The molecule has 0 radical (unpaired) electrons. The number of hydrogen-bond donors (Lipinski definition) is 4. The average molecular weight is 574 g/mol. The van der Waals surface area contributed by atoms with Gasteiger partial charge in [0.05, 0.1) is 6.42 Å². The summed E-state index contributed by atoms with van der Waals surface area (Å²) in [6.45, 7) is 5.98. The maximum absolute atomic E-state index is 11.1. The van der Waals surface area contributed by atoms with Gasteiger partial charge < -0.3 is 26.4 Å². The van der Waals surface area contributed by atoms with Crippen LogP contribution in [0.1, 0.15) is 66.3 Å². The van der Waals surface area contributed by atoms with Crippen LogP contribution < -0.4 is 16.2 Å². The molecule has 0 saturated heterocycles. The molecule has 0 spiro atoms. The van der Waals surface area contributed by atoms with Gasteiger partial charge in [0.25, 0.3) is 0 Å². The zero-order chi connectivity index (χ0) is 30.3. The highest BCUT2D eigenvalue weighted by atomic mass is 16.5. The lowest BCUT2D eigenvalue weighted by atomic mass is 9.95. The molecule has 4 rings (SSSR count). The number of aliphatic carboxylic acids is 2. The second-order valence-electron chi connectivity index (χ2n) is 10.5. The number of ether oxygens (including phenoxy) is 1. The van der Waals surface area contributed by atoms with Gasteiger partial charge in [0.15, 0.2) is 0 Å². The van der Waals surface area contributed by atoms with Crippen molar-refractivity contribution < 1.29 is 24.5 Å². The van der Waals surface area contributed by atoms with Gasteiger partial charge in [0, 0.05) is 25.6 Å². The third kappa shape index (κ3) is 10.8. The van der Waals surface area contributed by atoms with Crippen molar-refractivity contribution in [3.05, 3.63) is 113 Å². The van der Waals surface area contributed by atoms with Crippen molar-refractivity contribution in [2.75, 3.05) is 6.54 Å². The van der Waals surface area contributed by atoms with Gasteiger partial charge in [-0.1, -0.05) is 79.2 Å². The fourth-order valence-electron chi connectivity index (χ4n) is 4.84. The van der Waals surface area contributed by atoms with E-state index in [1.54, 1.807) is 0 Å². The van der Waals surface area contributed by atoms with Crippen LogP contribution in [0.15, 0.2) is 84.9 Å². The number of carboxylic acid groups (broad SMARTS) is 2. The molecule has 0 bridgehead atoms. The molecule has 1 heterocycles. The first-order chi connectivity index (χ1) is 20.3. The fraction of sp³-hybridized carbons (Fsp3) is 0.353. The van der Waals surface area contributed by atoms with Crippen LogP contribution in [0.4, 0.5) is 0 Å². The van der Waals surface area contributed by atoms with Gasteiger partial charge in [0.1, 0.15) is 18.4 Å². The van der Waals surface area contributed by atoms with E-state index in [4.69, 9.17) is 26.4 Å². The van der Waals surface area contributed by atoms with E-state index in [-0.39, 0.29) is 12.3 Å². The summed E-state index contributed by atoms with van der Waals surface area (Å²) in [6, 6.07) is 24.3. The van der Waals surface area contributed by atoms with Crippen LogP contribution in [0.5, 0.6) is 5.75 Å². The number of benzene rings is 3. The largest absolute Gasteiger partial charge is 0.489 e. The molecule has 0 amide bonds. The van der Waals surface area contributed by atoms with Crippen LogP contribution in [-0.2, 0) is 35.8 Å². The van der Waals surface area contributed by atoms with Crippen LogP contribution in [-0.4, -0.2) is 39.6 Å². The molecule has 8 heteroatoms. The second-order valence-corrected chi connectivity index (χ2v) is 10.5. The highest BCUT2D eigenvalue weighted by Gasteiger charge is 2.18. The zero-order valence-corrected chi connectivity index (χ0v) is 24.3. The molecule has 0 aliphatic carbocycles. The third-order valence-electron chi connectivity index (χ3n) is 7.15. The van der Waals surface area contributed by atoms with Gasteiger partial charge in [0.2, 0.25) is 0 Å². The molecule has 0 fully saturated rings. The molecule has 2 unspecified atom stereocenters. The molecule has 6 N–H and O–H groups in total. The molecule has 3 aromatic carbocycles. The number of nitrogens with two attached hydrogens (primary N) is 2. The van der Waals surface area contributed by atoms with Crippen molar-refractivity contribution in [3.63, 3.8) is 0 Å². The molecule has 1 aliphatic rings. The quantitative estimate of drug-likeness (QED) is 0.148. The summed E-state index contributed by atoms with van der Waals surface area (Å²) in [6.07, 6.45) is 6.06. The predicted molar refractivity (Wildman–Crippen MR) is 165 cm³/mol. The molecule has 3 aromatic rings. The Balaban J connectivity index is 0.000000416. The third-order valence-corrected chi connectivity index (χ3v) is 7.15. The highest BCUT2D eigenvalue weighted by Crippen LogP contribution is 2.25. The zero-order valence-electron chi connectivity index (χ0n) is 24.3. The van der Waals surface area contributed by atoms with E-state index in [0.29, 0.717) is 19.6 Å². The molecule has 1 aliphatic heterocycles. The van der Waals surface area contributed by atoms with E-state index < -0.39 is 18.0 Å². The van der Waals surface area contributed by atoms with Gasteiger partial charge in [-0.3, -0.25) is 14.5 Å². The normalized spacial score (nSPS) is 14.1. The summed E-state index contributed by atoms with van der Waals surface area (Å²) in [5.74, 6) is -1.08. The molecule has 2 atom stereocenters. The first-order valence-corrected chi connectivity index (χ1v) is 14.4. The lowest BCUT2D eigenvalue weighted by molar-refractivity contribution is -0.139. The SMILES string of the molecule is CC=CC(CC(=O)O)c1ccc(OCc2ccc(CN3Cc4ccccc4C3)cc2)cc1.NCCCCC(N)C(=O)O. The number of hydrogen-bond acceptors (Lipinski definition) is 6. The number of allylic oxidation sites excluding steroid dienone is 2. The minimum absolute atomic E-state index is 0.0837. The van der Waals surface area contributed by atoms with Crippen molar-refractivity contribution in [2.45, 2.75) is 70.8 Å². The fourth-order valence-corrected chi connectivity index (χ4v) is 4.84. The van der Waals surface area contributed by atoms with Crippen LogP contribution in [0.25, 0.3) is 0 Å². The van der Waals surface area contributed by atoms with Crippen LogP contribution in [0, 0.1) is 0 Å². The number of carbonyl (C=O) groups is 2. The van der Waals surface area contributed by atoms with E-state index in [1.165, 1.54) is 16.7 Å². The minimum Gasteiger partial charge on any atom is -0.489 e. The number of unbranched alkanes of at least 4 members (excludes halogenated alkanes) is 1. The smallest absolute Gasteiger partial charge is 0.320 e. The molecule has 224 valence electrons. The highest BCUT2D eigenvalue weighted by molar-refractivity contribution is 5.72. The lowest BCUT2D eigenvalue weighted by Gasteiger charge is -2.15. The molecular weight excluding hydrogens is 530 g/mol.